The van der Waals surface area contributed by atoms with Gasteiger partial charge in [0, 0.05) is 23.4 Å². The first-order valence-corrected chi connectivity index (χ1v) is 9.82. The van der Waals surface area contributed by atoms with E-state index in [0.29, 0.717) is 28.4 Å². The monoisotopic (exact) mass is 402 g/mol. The highest BCUT2D eigenvalue weighted by molar-refractivity contribution is 7.99. The first kappa shape index (κ1) is 18.6. The number of thioether (sulfide) groups is 1. The number of halogens is 1. The van der Waals surface area contributed by atoms with E-state index in [1.165, 1.54) is 32.0 Å². The summed E-state index contributed by atoms with van der Waals surface area (Å²) in [5.74, 6) is 0.403. The van der Waals surface area contributed by atoms with Crippen molar-refractivity contribution in [2.75, 3.05) is 20.0 Å². The van der Waals surface area contributed by atoms with Gasteiger partial charge in [0.25, 0.3) is 5.91 Å². The van der Waals surface area contributed by atoms with Crippen LogP contribution in [0.2, 0.25) is 0 Å². The van der Waals surface area contributed by atoms with Crippen LogP contribution in [-0.2, 0) is 11.3 Å². The molecule has 0 aromatic heterocycles. The topological polar surface area (TPSA) is 67.9 Å². The van der Waals surface area contributed by atoms with Gasteiger partial charge in [0.1, 0.15) is 17.2 Å². The summed E-state index contributed by atoms with van der Waals surface area (Å²) in [6, 6.07) is 9.26. The number of carbonyl (C=O) groups is 2. The molecule has 1 saturated heterocycles. The van der Waals surface area contributed by atoms with Crippen LogP contribution in [0.5, 0.6) is 11.5 Å². The maximum atomic E-state index is 13.8. The number of methoxy groups -OCH3 is 2. The van der Waals surface area contributed by atoms with E-state index in [0.717, 1.165) is 5.56 Å². The Balaban J connectivity index is 1.56. The van der Waals surface area contributed by atoms with E-state index in [4.69, 9.17) is 9.47 Å². The van der Waals surface area contributed by atoms with Crippen molar-refractivity contribution in [2.24, 2.45) is 0 Å². The van der Waals surface area contributed by atoms with Crippen molar-refractivity contribution < 1.29 is 23.5 Å². The van der Waals surface area contributed by atoms with Crippen molar-refractivity contribution in [3.63, 3.8) is 0 Å². The molecule has 2 aliphatic rings. The minimum Gasteiger partial charge on any atom is -0.493 e. The number of fused-ring (bicyclic) bond motifs is 3. The number of rotatable bonds is 5. The van der Waals surface area contributed by atoms with E-state index in [9.17, 15) is 14.0 Å². The molecule has 6 nitrogen and oxygen atoms in total. The summed E-state index contributed by atoms with van der Waals surface area (Å²) >= 11 is 1.53. The molecule has 2 aromatic carbocycles. The molecule has 0 bridgehead atoms. The Morgan fingerprint density at radius 3 is 2.75 bits per heavy atom. The van der Waals surface area contributed by atoms with Crippen LogP contribution in [0.4, 0.5) is 4.39 Å². The third-order valence-corrected chi connectivity index (χ3v) is 6.31. The quantitative estimate of drug-likeness (QED) is 0.833. The molecule has 2 heterocycles. The average Bonchev–Trinajstić information content (AvgIpc) is 3.26. The van der Waals surface area contributed by atoms with Crippen LogP contribution >= 0.6 is 11.8 Å². The number of carbonyl (C=O) groups excluding carboxylic acids is 2. The molecule has 2 aliphatic heterocycles. The summed E-state index contributed by atoms with van der Waals surface area (Å²) in [6.07, 6.45) is 0. The number of nitrogens with zero attached hydrogens (tertiary/aromatic N) is 1. The van der Waals surface area contributed by atoms with Crippen LogP contribution < -0.4 is 14.8 Å². The molecule has 0 aliphatic carbocycles. The summed E-state index contributed by atoms with van der Waals surface area (Å²) in [5, 5.41) is 2.51. The lowest BCUT2D eigenvalue weighted by atomic mass is 10.1. The minimum atomic E-state index is -0.627. The van der Waals surface area contributed by atoms with Crippen molar-refractivity contribution >= 4 is 23.6 Å². The molecule has 4 rings (SSSR count). The number of benzene rings is 2. The Morgan fingerprint density at radius 2 is 2.04 bits per heavy atom. The zero-order chi connectivity index (χ0) is 19.8. The number of nitrogens with one attached hydrogen (secondary N) is 1. The van der Waals surface area contributed by atoms with Crippen molar-refractivity contribution in [1.82, 2.24) is 10.2 Å². The summed E-state index contributed by atoms with van der Waals surface area (Å²) in [4.78, 5) is 27.4. The lowest BCUT2D eigenvalue weighted by Crippen LogP contribution is -2.45. The van der Waals surface area contributed by atoms with E-state index < -0.39 is 6.04 Å². The van der Waals surface area contributed by atoms with Gasteiger partial charge in [-0.15, -0.1) is 11.8 Å². The first-order chi connectivity index (χ1) is 13.6. The van der Waals surface area contributed by atoms with Gasteiger partial charge in [0.05, 0.1) is 19.8 Å². The fraction of sp³-hybridized carbons (Fsp3) is 0.300. The maximum Gasteiger partial charge on any atom is 0.260 e. The third kappa shape index (κ3) is 2.88. The van der Waals surface area contributed by atoms with Gasteiger partial charge < -0.3 is 19.7 Å². The van der Waals surface area contributed by atoms with Gasteiger partial charge in [-0.25, -0.2) is 4.39 Å². The summed E-state index contributed by atoms with van der Waals surface area (Å²) in [6.45, 7) is 0.0729. The Bertz CT molecular complexity index is 952. The van der Waals surface area contributed by atoms with Gasteiger partial charge in [-0.05, 0) is 12.1 Å². The summed E-state index contributed by atoms with van der Waals surface area (Å²) in [5.41, 5.74) is 1.66. The van der Waals surface area contributed by atoms with Crippen LogP contribution in [0.15, 0.2) is 36.4 Å². The first-order valence-electron chi connectivity index (χ1n) is 8.77. The zero-order valence-electron chi connectivity index (χ0n) is 15.4. The number of hydrogen-bond acceptors (Lipinski definition) is 5. The molecule has 2 atom stereocenters. The molecule has 0 radical (unpaired) electrons. The Morgan fingerprint density at radius 1 is 1.25 bits per heavy atom. The van der Waals surface area contributed by atoms with Gasteiger partial charge in [0.15, 0.2) is 11.5 Å². The molecular weight excluding hydrogens is 383 g/mol. The predicted molar refractivity (Wildman–Crippen MR) is 103 cm³/mol. The van der Waals surface area contributed by atoms with Crippen LogP contribution in [0.25, 0.3) is 0 Å². The second kappa shape index (κ2) is 7.35. The minimum absolute atomic E-state index is 0.0729. The van der Waals surface area contributed by atoms with Gasteiger partial charge >= 0.3 is 0 Å². The standard InChI is InChI=1S/C20H19FN2O4S/c1-26-15-8-7-12-16(17(15)27-2)19(25)23-14(10-28-20(12)23)18(24)22-9-11-5-3-4-6-13(11)21/h3-8,14,20H,9-10H2,1-2H3,(H,22,24)/t14-,20-/m1/s1. The number of ether oxygens (including phenoxy) is 2. The molecule has 146 valence electrons. The second-order valence-corrected chi connectivity index (χ2v) is 7.60. The Labute approximate surface area is 166 Å². The normalized spacial score (nSPS) is 20.0. The van der Waals surface area contributed by atoms with Crippen LogP contribution in [-0.4, -0.2) is 42.7 Å². The highest BCUT2D eigenvalue weighted by Crippen LogP contribution is 2.52. The lowest BCUT2D eigenvalue weighted by molar-refractivity contribution is -0.124. The Kier molecular flexibility index (Phi) is 4.89. The number of amides is 2. The lowest BCUT2D eigenvalue weighted by Gasteiger charge is -2.22. The molecule has 0 spiro atoms. The van der Waals surface area contributed by atoms with Crippen LogP contribution in [0.1, 0.15) is 26.9 Å². The van der Waals surface area contributed by atoms with E-state index in [2.05, 4.69) is 5.32 Å². The summed E-state index contributed by atoms with van der Waals surface area (Å²) < 4.78 is 24.5. The van der Waals surface area contributed by atoms with Gasteiger partial charge in [-0.1, -0.05) is 24.3 Å². The average molecular weight is 402 g/mol. The zero-order valence-corrected chi connectivity index (χ0v) is 16.2. The van der Waals surface area contributed by atoms with Crippen LogP contribution in [0, 0.1) is 5.82 Å². The maximum absolute atomic E-state index is 13.8. The van der Waals surface area contributed by atoms with Crippen LogP contribution in [0.3, 0.4) is 0 Å². The van der Waals surface area contributed by atoms with E-state index >= 15 is 0 Å². The van der Waals surface area contributed by atoms with Crippen molar-refractivity contribution in [1.29, 1.82) is 0 Å². The van der Waals surface area contributed by atoms with Gasteiger partial charge in [-0.3, -0.25) is 9.59 Å². The second-order valence-electron chi connectivity index (χ2n) is 6.49. The van der Waals surface area contributed by atoms with Crippen molar-refractivity contribution in [3.8, 4) is 11.5 Å². The molecule has 8 heteroatoms. The SMILES string of the molecule is COc1ccc2c(c1OC)C(=O)N1[C@@H](C(=O)NCc3ccccc3F)CS[C@H]21. The fourth-order valence-corrected chi connectivity index (χ4v) is 5.09. The third-order valence-electron chi connectivity index (χ3n) is 5.01. The molecular formula is C20H19FN2O4S. The highest BCUT2D eigenvalue weighted by Gasteiger charge is 2.50. The molecule has 2 amide bonds. The number of hydrogen-bond donors (Lipinski definition) is 1. The molecule has 28 heavy (non-hydrogen) atoms. The molecule has 2 aromatic rings. The predicted octanol–water partition coefficient (Wildman–Crippen LogP) is 2.73. The highest BCUT2D eigenvalue weighted by atomic mass is 32.2. The van der Waals surface area contributed by atoms with E-state index in [1.807, 2.05) is 6.07 Å². The summed E-state index contributed by atoms with van der Waals surface area (Å²) in [7, 11) is 3.00. The van der Waals surface area contributed by atoms with Crippen molar-refractivity contribution in [2.45, 2.75) is 18.0 Å². The Hall–Kier alpha value is -2.74. The van der Waals surface area contributed by atoms with Crippen molar-refractivity contribution in [3.05, 3.63) is 58.9 Å². The van der Waals surface area contributed by atoms with Gasteiger partial charge in [0.2, 0.25) is 5.91 Å². The molecule has 0 unspecified atom stereocenters. The van der Waals surface area contributed by atoms with E-state index in [1.54, 1.807) is 29.2 Å². The largest absolute Gasteiger partial charge is 0.493 e. The van der Waals surface area contributed by atoms with Gasteiger partial charge in [-0.2, -0.15) is 0 Å². The molecule has 1 N–H and O–H groups in total. The molecule has 0 saturated carbocycles. The smallest absolute Gasteiger partial charge is 0.260 e. The molecule has 1 fully saturated rings. The fourth-order valence-electron chi connectivity index (χ4n) is 3.64. The van der Waals surface area contributed by atoms with E-state index in [-0.39, 0.29) is 29.6 Å².